The van der Waals surface area contributed by atoms with Crippen molar-refractivity contribution in [1.29, 1.82) is 0 Å². The molecular formula is C23H22N2O. The molecule has 0 saturated heterocycles. The number of benzene rings is 3. The van der Waals surface area contributed by atoms with Gasteiger partial charge in [0.05, 0.1) is 6.04 Å². The Morgan fingerprint density at radius 3 is 2.31 bits per heavy atom. The average Bonchev–Trinajstić information content (AvgIpc) is 2.69. The lowest BCUT2D eigenvalue weighted by Gasteiger charge is -2.35. The Kier molecular flexibility index (Phi) is 4.80. The van der Waals surface area contributed by atoms with E-state index in [4.69, 9.17) is 0 Å². The number of hydrogen-bond acceptors (Lipinski definition) is 2. The van der Waals surface area contributed by atoms with Gasteiger partial charge in [-0.05, 0) is 28.8 Å². The molecule has 26 heavy (non-hydrogen) atoms. The van der Waals surface area contributed by atoms with E-state index >= 15 is 0 Å². The first kappa shape index (κ1) is 16.6. The monoisotopic (exact) mass is 342 g/mol. The normalized spacial score (nSPS) is 16.7. The van der Waals surface area contributed by atoms with Crippen molar-refractivity contribution in [2.45, 2.75) is 19.1 Å². The molecule has 1 amide bonds. The van der Waals surface area contributed by atoms with Crippen molar-refractivity contribution in [3.05, 3.63) is 107 Å². The maximum absolute atomic E-state index is 12.7. The van der Waals surface area contributed by atoms with E-state index in [0.29, 0.717) is 5.56 Å². The highest BCUT2D eigenvalue weighted by molar-refractivity contribution is 5.94. The number of amides is 1. The van der Waals surface area contributed by atoms with E-state index in [9.17, 15) is 4.79 Å². The number of carbonyl (C=O) groups is 1. The summed E-state index contributed by atoms with van der Waals surface area (Å²) in [5.41, 5.74) is 4.50. The lowest BCUT2D eigenvalue weighted by Crippen LogP contribution is -2.41. The van der Waals surface area contributed by atoms with Gasteiger partial charge in [0.2, 0.25) is 0 Å². The van der Waals surface area contributed by atoms with Gasteiger partial charge in [0.25, 0.3) is 5.91 Å². The van der Waals surface area contributed by atoms with Crippen LogP contribution < -0.4 is 5.32 Å². The predicted molar refractivity (Wildman–Crippen MR) is 104 cm³/mol. The Labute approximate surface area is 154 Å². The summed E-state index contributed by atoms with van der Waals surface area (Å²) < 4.78 is 0. The van der Waals surface area contributed by atoms with Crippen LogP contribution >= 0.6 is 0 Å². The van der Waals surface area contributed by atoms with Gasteiger partial charge in [0.15, 0.2) is 0 Å². The predicted octanol–water partition coefficient (Wildman–Crippen LogP) is 4.17. The zero-order valence-corrected chi connectivity index (χ0v) is 14.6. The van der Waals surface area contributed by atoms with Crippen molar-refractivity contribution in [2.24, 2.45) is 0 Å². The van der Waals surface area contributed by atoms with E-state index in [2.05, 4.69) is 52.7 Å². The van der Waals surface area contributed by atoms with Crippen LogP contribution in [0.3, 0.4) is 0 Å². The quantitative estimate of drug-likeness (QED) is 0.772. The third kappa shape index (κ3) is 3.68. The molecule has 1 heterocycles. The van der Waals surface area contributed by atoms with Crippen molar-refractivity contribution < 1.29 is 4.79 Å². The van der Waals surface area contributed by atoms with Crippen molar-refractivity contribution in [3.63, 3.8) is 0 Å². The summed E-state index contributed by atoms with van der Waals surface area (Å²) in [5, 5.41) is 3.23. The summed E-state index contributed by atoms with van der Waals surface area (Å²) in [5.74, 6) is -0.0213. The molecule has 1 aliphatic heterocycles. The number of carbonyl (C=O) groups excluding carboxylic acids is 1. The Balaban J connectivity index is 1.55. The van der Waals surface area contributed by atoms with Crippen LogP contribution in [0.1, 0.15) is 33.1 Å². The van der Waals surface area contributed by atoms with Crippen molar-refractivity contribution in [2.75, 3.05) is 6.54 Å². The molecule has 0 fully saturated rings. The van der Waals surface area contributed by atoms with Gasteiger partial charge in [0, 0.05) is 25.2 Å². The molecule has 1 atom stereocenters. The third-order valence-corrected chi connectivity index (χ3v) is 4.86. The average molecular weight is 342 g/mol. The second-order valence-electron chi connectivity index (χ2n) is 6.75. The first-order chi connectivity index (χ1) is 12.8. The smallest absolute Gasteiger partial charge is 0.251 e. The zero-order chi connectivity index (χ0) is 17.8. The van der Waals surface area contributed by atoms with Crippen molar-refractivity contribution in [1.82, 2.24) is 10.2 Å². The summed E-state index contributed by atoms with van der Waals surface area (Å²) in [6.45, 7) is 2.60. The maximum atomic E-state index is 12.7. The number of nitrogens with zero attached hydrogens (tertiary/aromatic N) is 1. The van der Waals surface area contributed by atoms with Crippen LogP contribution in [0.15, 0.2) is 84.9 Å². The largest absolute Gasteiger partial charge is 0.344 e. The van der Waals surface area contributed by atoms with Gasteiger partial charge >= 0.3 is 0 Å². The molecule has 1 aliphatic rings. The highest BCUT2D eigenvalue weighted by atomic mass is 16.1. The van der Waals surface area contributed by atoms with E-state index in [-0.39, 0.29) is 11.9 Å². The molecule has 0 aliphatic carbocycles. The van der Waals surface area contributed by atoms with E-state index in [1.54, 1.807) is 0 Å². The van der Waals surface area contributed by atoms with E-state index in [1.807, 2.05) is 42.5 Å². The molecule has 1 N–H and O–H groups in total. The molecule has 130 valence electrons. The van der Waals surface area contributed by atoms with Gasteiger partial charge in [0.1, 0.15) is 0 Å². The van der Waals surface area contributed by atoms with Crippen LogP contribution in [0.25, 0.3) is 0 Å². The van der Waals surface area contributed by atoms with Gasteiger partial charge in [-0.25, -0.2) is 0 Å². The van der Waals surface area contributed by atoms with Gasteiger partial charge in [-0.3, -0.25) is 9.69 Å². The Hall–Kier alpha value is -2.91. The number of rotatable bonds is 4. The van der Waals surface area contributed by atoms with Crippen LogP contribution in [-0.2, 0) is 13.1 Å². The van der Waals surface area contributed by atoms with Crippen LogP contribution in [0.2, 0.25) is 0 Å². The van der Waals surface area contributed by atoms with Gasteiger partial charge in [-0.15, -0.1) is 0 Å². The van der Waals surface area contributed by atoms with E-state index < -0.39 is 0 Å². The topological polar surface area (TPSA) is 32.3 Å². The summed E-state index contributed by atoms with van der Waals surface area (Å²) in [6, 6.07) is 28.3. The van der Waals surface area contributed by atoms with Crippen LogP contribution in [0, 0.1) is 0 Å². The molecule has 0 bridgehead atoms. The van der Waals surface area contributed by atoms with Crippen LogP contribution in [0.5, 0.6) is 0 Å². The number of hydrogen-bond donors (Lipinski definition) is 1. The minimum absolute atomic E-state index is 0.00336. The fourth-order valence-electron chi connectivity index (χ4n) is 3.60. The first-order valence-electron chi connectivity index (χ1n) is 8.99. The second-order valence-corrected chi connectivity index (χ2v) is 6.75. The molecular weight excluding hydrogens is 320 g/mol. The number of nitrogens with one attached hydrogen (secondary N) is 1. The molecule has 3 aromatic carbocycles. The molecule has 0 radical (unpaired) electrons. The molecule has 4 rings (SSSR count). The van der Waals surface area contributed by atoms with Gasteiger partial charge in [-0.2, -0.15) is 0 Å². The zero-order valence-electron chi connectivity index (χ0n) is 14.6. The fraction of sp³-hybridized carbons (Fsp3) is 0.174. The van der Waals surface area contributed by atoms with Crippen LogP contribution in [0.4, 0.5) is 0 Å². The molecule has 0 saturated carbocycles. The minimum atomic E-state index is -0.0213. The second kappa shape index (κ2) is 7.54. The lowest BCUT2D eigenvalue weighted by molar-refractivity contribution is 0.0914. The molecule has 0 spiro atoms. The van der Waals surface area contributed by atoms with Gasteiger partial charge < -0.3 is 5.32 Å². The van der Waals surface area contributed by atoms with E-state index in [1.165, 1.54) is 16.7 Å². The SMILES string of the molecule is O=C(NC1CN(Cc2ccccc2)Cc2ccccc21)c1ccccc1. The Morgan fingerprint density at radius 1 is 0.885 bits per heavy atom. The van der Waals surface area contributed by atoms with Crippen molar-refractivity contribution in [3.8, 4) is 0 Å². The molecule has 1 unspecified atom stereocenters. The fourth-order valence-corrected chi connectivity index (χ4v) is 3.60. The summed E-state index contributed by atoms with van der Waals surface area (Å²) in [4.78, 5) is 15.1. The molecule has 3 nitrogen and oxygen atoms in total. The molecule has 3 aromatic rings. The van der Waals surface area contributed by atoms with E-state index in [0.717, 1.165) is 19.6 Å². The summed E-state index contributed by atoms with van der Waals surface area (Å²) in [7, 11) is 0. The minimum Gasteiger partial charge on any atom is -0.344 e. The lowest BCUT2D eigenvalue weighted by atomic mass is 9.94. The maximum Gasteiger partial charge on any atom is 0.251 e. The Bertz CT molecular complexity index is 877. The highest BCUT2D eigenvalue weighted by Gasteiger charge is 2.26. The highest BCUT2D eigenvalue weighted by Crippen LogP contribution is 2.27. The van der Waals surface area contributed by atoms with Gasteiger partial charge in [-0.1, -0.05) is 72.8 Å². The third-order valence-electron chi connectivity index (χ3n) is 4.86. The number of fused-ring (bicyclic) bond motifs is 1. The summed E-state index contributed by atoms with van der Waals surface area (Å²) in [6.07, 6.45) is 0. The molecule has 0 aromatic heterocycles. The Morgan fingerprint density at radius 2 is 1.54 bits per heavy atom. The van der Waals surface area contributed by atoms with Crippen LogP contribution in [-0.4, -0.2) is 17.4 Å². The van der Waals surface area contributed by atoms with Crippen molar-refractivity contribution >= 4 is 5.91 Å². The first-order valence-corrected chi connectivity index (χ1v) is 8.99. The molecule has 3 heteroatoms. The standard InChI is InChI=1S/C23H22N2O/c26-23(19-11-5-2-6-12-19)24-22-17-25(15-18-9-3-1-4-10-18)16-20-13-7-8-14-21(20)22/h1-14,22H,15-17H2,(H,24,26). The summed E-state index contributed by atoms with van der Waals surface area (Å²) >= 11 is 0.